The van der Waals surface area contributed by atoms with Gasteiger partial charge in [-0.2, -0.15) is 0 Å². The lowest BCUT2D eigenvalue weighted by atomic mass is 10.2. The lowest BCUT2D eigenvalue weighted by Gasteiger charge is -1.95. The monoisotopic (exact) mass is 126 g/mol. The molecule has 9 heavy (non-hydrogen) atoms. The molecule has 0 bridgehead atoms. The van der Waals surface area contributed by atoms with Gasteiger partial charge in [-0.05, 0) is 20.3 Å². The Bertz CT molecular complexity index is 114. The van der Waals surface area contributed by atoms with Gasteiger partial charge in [0.25, 0.3) is 0 Å². The van der Waals surface area contributed by atoms with Crippen LogP contribution in [0.2, 0.25) is 0 Å². The van der Waals surface area contributed by atoms with Crippen LogP contribution in [0.15, 0.2) is 11.6 Å². The molecule has 0 saturated heterocycles. The molecule has 1 atom stereocenters. The molecule has 0 amide bonds. The molecular formula is C7H12NO. The summed E-state index contributed by atoms with van der Waals surface area (Å²) in [6.45, 7) is 3.94. The summed E-state index contributed by atoms with van der Waals surface area (Å²) in [6, 6.07) is -0.445. The molecule has 2 N–H and O–H groups in total. The van der Waals surface area contributed by atoms with Crippen LogP contribution < -0.4 is 5.73 Å². The summed E-state index contributed by atoms with van der Waals surface area (Å²) in [7, 11) is 0. The van der Waals surface area contributed by atoms with E-state index in [4.69, 9.17) is 5.73 Å². The van der Waals surface area contributed by atoms with Gasteiger partial charge < -0.3 is 5.73 Å². The number of hydrogen-bond acceptors (Lipinski definition) is 2. The number of carbonyl (C=O) groups excluding carboxylic acids is 1. The van der Waals surface area contributed by atoms with Crippen LogP contribution >= 0.6 is 0 Å². The largest absolute Gasteiger partial charge is 0.321 e. The molecule has 0 aromatic rings. The predicted octanol–water partition coefficient (Wildman–Crippen LogP) is 0.780. The van der Waals surface area contributed by atoms with E-state index < -0.39 is 6.04 Å². The van der Waals surface area contributed by atoms with E-state index >= 15 is 0 Å². The third kappa shape index (κ3) is 5.24. The van der Waals surface area contributed by atoms with Gasteiger partial charge in [0.15, 0.2) is 0 Å². The zero-order valence-electron chi connectivity index (χ0n) is 5.85. The summed E-state index contributed by atoms with van der Waals surface area (Å²) in [5, 5.41) is 0. The predicted molar refractivity (Wildman–Crippen MR) is 37.7 cm³/mol. The summed E-state index contributed by atoms with van der Waals surface area (Å²) in [4.78, 5) is 9.84. The second-order valence-corrected chi connectivity index (χ2v) is 2.24. The highest BCUT2D eigenvalue weighted by atomic mass is 16.1. The molecule has 0 saturated carbocycles. The van der Waals surface area contributed by atoms with Gasteiger partial charge in [-0.25, -0.2) is 0 Å². The van der Waals surface area contributed by atoms with Crippen LogP contribution in [0.25, 0.3) is 0 Å². The fourth-order valence-electron chi connectivity index (χ4n) is 0.411. The van der Waals surface area contributed by atoms with Gasteiger partial charge in [0, 0.05) is 0 Å². The van der Waals surface area contributed by atoms with Crippen LogP contribution in [0, 0.1) is 0 Å². The fourth-order valence-corrected chi connectivity index (χ4v) is 0.411. The van der Waals surface area contributed by atoms with E-state index in [0.29, 0.717) is 6.42 Å². The molecule has 0 aliphatic carbocycles. The highest BCUT2D eigenvalue weighted by Crippen LogP contribution is 1.93. The maximum Gasteiger partial charge on any atom is 0.216 e. The van der Waals surface area contributed by atoms with Gasteiger partial charge >= 0.3 is 0 Å². The summed E-state index contributed by atoms with van der Waals surface area (Å²) in [6.07, 6.45) is 4.23. The standard InChI is InChI=1S/C7H12NO/c1-6(2)3-4-7(8)5-9/h3,7H,4,8H2,1-2H3/t7-/m0/s1. The summed E-state index contributed by atoms with van der Waals surface area (Å²) < 4.78 is 0. The van der Waals surface area contributed by atoms with Gasteiger partial charge in [-0.15, -0.1) is 0 Å². The van der Waals surface area contributed by atoms with E-state index in [2.05, 4.69) is 0 Å². The number of allylic oxidation sites excluding steroid dienone is 1. The Morgan fingerprint density at radius 3 is 2.67 bits per heavy atom. The number of nitrogens with two attached hydrogens (primary N) is 1. The molecule has 0 rings (SSSR count). The Morgan fingerprint density at radius 1 is 1.78 bits per heavy atom. The summed E-state index contributed by atoms with van der Waals surface area (Å²) >= 11 is 0. The van der Waals surface area contributed by atoms with E-state index in [-0.39, 0.29) is 0 Å². The van der Waals surface area contributed by atoms with E-state index in [0.717, 1.165) is 0 Å². The second kappa shape index (κ2) is 4.27. The van der Waals surface area contributed by atoms with Crippen molar-refractivity contribution in [2.75, 3.05) is 0 Å². The van der Waals surface area contributed by atoms with Gasteiger partial charge in [-0.3, -0.25) is 4.79 Å². The van der Waals surface area contributed by atoms with Crippen molar-refractivity contribution in [2.24, 2.45) is 5.73 Å². The smallest absolute Gasteiger partial charge is 0.216 e. The molecular weight excluding hydrogens is 114 g/mol. The van der Waals surface area contributed by atoms with Crippen LogP contribution in [0.5, 0.6) is 0 Å². The number of hydrogen-bond donors (Lipinski definition) is 1. The maximum absolute atomic E-state index is 9.84. The van der Waals surface area contributed by atoms with E-state index in [1.54, 1.807) is 6.29 Å². The Labute approximate surface area is 55.7 Å². The molecule has 1 radical (unpaired) electrons. The van der Waals surface area contributed by atoms with Crippen molar-refractivity contribution >= 4 is 6.29 Å². The van der Waals surface area contributed by atoms with Crippen LogP contribution in [0.1, 0.15) is 20.3 Å². The van der Waals surface area contributed by atoms with Gasteiger partial charge in [0.1, 0.15) is 0 Å². The van der Waals surface area contributed by atoms with Crippen molar-refractivity contribution < 1.29 is 4.79 Å². The minimum atomic E-state index is -0.445. The van der Waals surface area contributed by atoms with Crippen LogP contribution in [0.3, 0.4) is 0 Å². The van der Waals surface area contributed by atoms with Crippen molar-refractivity contribution in [1.29, 1.82) is 0 Å². The Morgan fingerprint density at radius 2 is 2.33 bits per heavy atom. The minimum Gasteiger partial charge on any atom is -0.321 e. The normalized spacial score (nSPS) is 12.3. The molecule has 0 spiro atoms. The molecule has 0 aromatic heterocycles. The van der Waals surface area contributed by atoms with Crippen LogP contribution in [-0.2, 0) is 4.79 Å². The van der Waals surface area contributed by atoms with Gasteiger partial charge in [0.05, 0.1) is 6.04 Å². The summed E-state index contributed by atoms with van der Waals surface area (Å²) in [5.41, 5.74) is 6.43. The van der Waals surface area contributed by atoms with Gasteiger partial charge in [0.2, 0.25) is 6.29 Å². The molecule has 0 unspecified atom stereocenters. The lowest BCUT2D eigenvalue weighted by Crippen LogP contribution is -2.19. The highest BCUT2D eigenvalue weighted by molar-refractivity contribution is 5.58. The molecule has 2 heteroatoms. The molecule has 0 aliphatic heterocycles. The first-order valence-corrected chi connectivity index (χ1v) is 2.93. The van der Waals surface area contributed by atoms with Gasteiger partial charge in [-0.1, -0.05) is 11.6 Å². The average molecular weight is 126 g/mol. The van der Waals surface area contributed by atoms with E-state index in [9.17, 15) is 4.79 Å². The Balaban J connectivity index is 3.49. The molecule has 0 aromatic carbocycles. The molecule has 51 valence electrons. The molecule has 0 fully saturated rings. The van der Waals surface area contributed by atoms with Crippen molar-refractivity contribution in [3.63, 3.8) is 0 Å². The van der Waals surface area contributed by atoms with Crippen molar-refractivity contribution in [3.05, 3.63) is 11.6 Å². The molecule has 0 aliphatic rings. The van der Waals surface area contributed by atoms with E-state index in [1.807, 2.05) is 19.9 Å². The van der Waals surface area contributed by atoms with Crippen LogP contribution in [-0.4, -0.2) is 12.3 Å². The van der Waals surface area contributed by atoms with Crippen molar-refractivity contribution in [2.45, 2.75) is 26.3 Å². The van der Waals surface area contributed by atoms with Crippen LogP contribution in [0.4, 0.5) is 0 Å². The first kappa shape index (κ1) is 8.37. The zero-order chi connectivity index (χ0) is 7.28. The quantitative estimate of drug-likeness (QED) is 0.568. The van der Waals surface area contributed by atoms with Crippen molar-refractivity contribution in [1.82, 2.24) is 0 Å². The third-order valence-corrected chi connectivity index (χ3v) is 0.931. The Hall–Kier alpha value is -0.630. The Kier molecular flexibility index (Phi) is 3.97. The van der Waals surface area contributed by atoms with E-state index in [1.165, 1.54) is 5.57 Å². The molecule has 2 nitrogen and oxygen atoms in total. The average Bonchev–Trinajstić information content (AvgIpc) is 1.83. The minimum absolute atomic E-state index is 0.445. The molecule has 0 heterocycles. The first-order chi connectivity index (χ1) is 4.16. The number of rotatable bonds is 3. The first-order valence-electron chi connectivity index (χ1n) is 2.93. The zero-order valence-corrected chi connectivity index (χ0v) is 5.85. The maximum atomic E-state index is 9.84. The lowest BCUT2D eigenvalue weighted by molar-refractivity contribution is 0.542. The SMILES string of the molecule is CC(C)=CC[C@H](N)[C]=O. The second-order valence-electron chi connectivity index (χ2n) is 2.24. The highest BCUT2D eigenvalue weighted by Gasteiger charge is 1.95. The summed E-state index contributed by atoms with van der Waals surface area (Å²) in [5.74, 6) is 0. The fraction of sp³-hybridized carbons (Fsp3) is 0.571. The van der Waals surface area contributed by atoms with Crippen molar-refractivity contribution in [3.8, 4) is 0 Å². The third-order valence-electron chi connectivity index (χ3n) is 0.931. The topological polar surface area (TPSA) is 43.1 Å².